The number of aliphatic imine (C=N–C) groups is 1. The summed E-state index contributed by atoms with van der Waals surface area (Å²) in [5, 5.41) is 6.17. The van der Waals surface area contributed by atoms with Gasteiger partial charge in [-0.25, -0.2) is 13.4 Å². The molecule has 0 aliphatic carbocycles. The average molecular weight is 382 g/mol. The fourth-order valence-corrected chi connectivity index (χ4v) is 3.44. The van der Waals surface area contributed by atoms with Crippen molar-refractivity contribution in [2.45, 2.75) is 37.9 Å². The van der Waals surface area contributed by atoms with Gasteiger partial charge in [-0.2, -0.15) is 17.5 Å². The fraction of sp³-hybridized carbons (Fsp3) is 0.643. The average Bonchev–Trinajstić information content (AvgIpc) is 3.06. The number of alkyl halides is 3. The standard InChI is InChI=1S/C14H21F3N4O3S/c1-2-18-13(19-10-12-4-3-9-24-12)20-11-5-7-21(8-6-11)25(22,23)14(15,16)17/h3-4,9,11H,2,5-8,10H2,1H3,(H2,18,19,20). The highest BCUT2D eigenvalue weighted by Gasteiger charge is 2.50. The lowest BCUT2D eigenvalue weighted by Gasteiger charge is -2.32. The van der Waals surface area contributed by atoms with Crippen LogP contribution in [-0.2, 0) is 16.6 Å². The topological polar surface area (TPSA) is 86.9 Å². The molecule has 1 fully saturated rings. The molecule has 142 valence electrons. The van der Waals surface area contributed by atoms with Crippen LogP contribution in [0.5, 0.6) is 0 Å². The molecule has 2 rings (SSSR count). The predicted octanol–water partition coefficient (Wildman–Crippen LogP) is 1.65. The largest absolute Gasteiger partial charge is 0.511 e. The number of piperidine rings is 1. The van der Waals surface area contributed by atoms with Crippen molar-refractivity contribution in [3.63, 3.8) is 0 Å². The monoisotopic (exact) mass is 382 g/mol. The molecule has 0 bridgehead atoms. The van der Waals surface area contributed by atoms with Gasteiger partial charge < -0.3 is 15.1 Å². The summed E-state index contributed by atoms with van der Waals surface area (Å²) in [7, 11) is -5.25. The normalized spacial score (nSPS) is 18.3. The van der Waals surface area contributed by atoms with E-state index >= 15 is 0 Å². The van der Waals surface area contributed by atoms with Crippen LogP contribution in [0.25, 0.3) is 0 Å². The molecule has 0 amide bonds. The molecule has 1 aromatic heterocycles. The Morgan fingerprint density at radius 1 is 1.40 bits per heavy atom. The second-order valence-electron chi connectivity index (χ2n) is 5.54. The van der Waals surface area contributed by atoms with Crippen molar-refractivity contribution < 1.29 is 26.0 Å². The maximum absolute atomic E-state index is 12.6. The number of rotatable bonds is 5. The molecule has 0 atom stereocenters. The van der Waals surface area contributed by atoms with Gasteiger partial charge >= 0.3 is 15.5 Å². The van der Waals surface area contributed by atoms with E-state index in [0.717, 1.165) is 0 Å². The molecule has 0 saturated carbocycles. The zero-order valence-corrected chi connectivity index (χ0v) is 14.5. The van der Waals surface area contributed by atoms with Crippen LogP contribution in [0.15, 0.2) is 27.8 Å². The van der Waals surface area contributed by atoms with E-state index in [1.165, 1.54) is 0 Å². The van der Waals surface area contributed by atoms with Crippen LogP contribution in [0.3, 0.4) is 0 Å². The molecule has 0 spiro atoms. The summed E-state index contributed by atoms with van der Waals surface area (Å²) in [5.74, 6) is 1.19. The highest BCUT2D eigenvalue weighted by molar-refractivity contribution is 7.90. The molecular formula is C14H21F3N4O3S. The number of nitrogens with zero attached hydrogens (tertiary/aromatic N) is 2. The van der Waals surface area contributed by atoms with E-state index in [1.807, 2.05) is 6.92 Å². The first-order valence-corrected chi connectivity index (χ1v) is 9.31. The zero-order chi connectivity index (χ0) is 18.5. The molecule has 1 aliphatic heterocycles. The highest BCUT2D eigenvalue weighted by Crippen LogP contribution is 2.28. The Morgan fingerprint density at radius 2 is 2.08 bits per heavy atom. The minimum absolute atomic E-state index is 0.158. The first-order valence-electron chi connectivity index (χ1n) is 7.87. The third-order valence-electron chi connectivity index (χ3n) is 3.74. The second-order valence-corrected chi connectivity index (χ2v) is 7.47. The summed E-state index contributed by atoms with van der Waals surface area (Å²) in [4.78, 5) is 4.35. The van der Waals surface area contributed by atoms with Crippen molar-refractivity contribution in [2.75, 3.05) is 19.6 Å². The van der Waals surface area contributed by atoms with E-state index in [0.29, 0.717) is 29.1 Å². The predicted molar refractivity (Wildman–Crippen MR) is 86.2 cm³/mol. The van der Waals surface area contributed by atoms with Crippen LogP contribution in [0, 0.1) is 0 Å². The Bertz CT molecular complexity index is 666. The van der Waals surface area contributed by atoms with Gasteiger partial charge in [0.25, 0.3) is 0 Å². The third kappa shape index (κ3) is 5.11. The Labute approximate surface area is 144 Å². The van der Waals surface area contributed by atoms with Gasteiger partial charge in [0.15, 0.2) is 5.96 Å². The van der Waals surface area contributed by atoms with E-state index in [1.54, 1.807) is 18.4 Å². The maximum Gasteiger partial charge on any atom is 0.511 e. The smallest absolute Gasteiger partial charge is 0.467 e. The minimum atomic E-state index is -5.26. The molecule has 0 aromatic carbocycles. The molecule has 1 aromatic rings. The lowest BCUT2D eigenvalue weighted by Crippen LogP contribution is -2.51. The van der Waals surface area contributed by atoms with Gasteiger partial charge in [0, 0.05) is 25.7 Å². The van der Waals surface area contributed by atoms with Gasteiger partial charge in [0.2, 0.25) is 0 Å². The van der Waals surface area contributed by atoms with Gasteiger partial charge in [-0.1, -0.05) is 0 Å². The first-order chi connectivity index (χ1) is 11.7. The van der Waals surface area contributed by atoms with Crippen molar-refractivity contribution in [2.24, 2.45) is 4.99 Å². The number of furan rings is 1. The Morgan fingerprint density at radius 3 is 2.60 bits per heavy atom. The lowest BCUT2D eigenvalue weighted by molar-refractivity contribution is -0.0494. The van der Waals surface area contributed by atoms with Gasteiger partial charge in [-0.05, 0) is 31.9 Å². The molecular weight excluding hydrogens is 361 g/mol. The van der Waals surface area contributed by atoms with Crippen LogP contribution in [0.1, 0.15) is 25.5 Å². The number of hydrogen-bond donors (Lipinski definition) is 2. The van der Waals surface area contributed by atoms with Crippen molar-refractivity contribution in [1.29, 1.82) is 0 Å². The van der Waals surface area contributed by atoms with Gasteiger partial charge in [-0.15, -0.1) is 0 Å². The summed E-state index contributed by atoms with van der Waals surface area (Å²) >= 11 is 0. The Kier molecular flexibility index (Phi) is 6.33. The molecule has 2 heterocycles. The summed E-state index contributed by atoms with van der Waals surface area (Å²) in [6, 6.07) is 3.38. The van der Waals surface area contributed by atoms with Crippen molar-refractivity contribution in [1.82, 2.24) is 14.9 Å². The molecule has 11 heteroatoms. The molecule has 0 radical (unpaired) electrons. The first kappa shape index (κ1) is 19.6. The molecule has 0 unspecified atom stereocenters. The molecule has 25 heavy (non-hydrogen) atoms. The summed E-state index contributed by atoms with van der Waals surface area (Å²) in [5.41, 5.74) is -5.26. The number of hydrogen-bond acceptors (Lipinski definition) is 4. The second kappa shape index (κ2) is 8.09. The highest BCUT2D eigenvalue weighted by atomic mass is 32.2. The van der Waals surface area contributed by atoms with Crippen LogP contribution in [-0.4, -0.2) is 49.9 Å². The van der Waals surface area contributed by atoms with E-state index in [4.69, 9.17) is 4.42 Å². The van der Waals surface area contributed by atoms with Crippen LogP contribution in [0.2, 0.25) is 0 Å². The number of sulfonamides is 1. The van der Waals surface area contributed by atoms with E-state index in [9.17, 15) is 21.6 Å². The Hall–Kier alpha value is -1.75. The number of halogens is 3. The van der Waals surface area contributed by atoms with E-state index in [2.05, 4.69) is 15.6 Å². The SMILES string of the molecule is CCNC(=NCc1ccco1)NC1CCN(S(=O)(=O)C(F)(F)F)CC1. The van der Waals surface area contributed by atoms with Crippen LogP contribution >= 0.6 is 0 Å². The molecule has 1 saturated heterocycles. The lowest BCUT2D eigenvalue weighted by atomic mass is 10.1. The zero-order valence-electron chi connectivity index (χ0n) is 13.7. The minimum Gasteiger partial charge on any atom is -0.467 e. The quantitative estimate of drug-likeness (QED) is 0.597. The molecule has 7 nitrogen and oxygen atoms in total. The molecule has 2 N–H and O–H groups in total. The Balaban J connectivity index is 1.91. The van der Waals surface area contributed by atoms with Crippen LogP contribution < -0.4 is 10.6 Å². The summed E-state index contributed by atoms with van der Waals surface area (Å²) in [6.45, 7) is 2.46. The fourth-order valence-electron chi connectivity index (χ4n) is 2.46. The van der Waals surface area contributed by atoms with E-state index in [-0.39, 0.29) is 32.0 Å². The van der Waals surface area contributed by atoms with Crippen molar-refractivity contribution in [3.8, 4) is 0 Å². The van der Waals surface area contributed by atoms with Crippen LogP contribution in [0.4, 0.5) is 13.2 Å². The summed E-state index contributed by atoms with van der Waals surface area (Å²) < 4.78 is 66.2. The third-order valence-corrected chi connectivity index (χ3v) is 5.37. The van der Waals surface area contributed by atoms with E-state index < -0.39 is 15.5 Å². The molecule has 1 aliphatic rings. The van der Waals surface area contributed by atoms with Gasteiger partial charge in [0.05, 0.1) is 6.26 Å². The van der Waals surface area contributed by atoms with Crippen molar-refractivity contribution in [3.05, 3.63) is 24.2 Å². The summed E-state index contributed by atoms with van der Waals surface area (Å²) in [6.07, 6.45) is 2.07. The number of nitrogens with one attached hydrogen (secondary N) is 2. The number of guanidine groups is 1. The van der Waals surface area contributed by atoms with Crippen molar-refractivity contribution >= 4 is 16.0 Å². The van der Waals surface area contributed by atoms with Gasteiger partial charge in [-0.3, -0.25) is 0 Å². The van der Waals surface area contributed by atoms with Gasteiger partial charge in [0.1, 0.15) is 12.3 Å². The maximum atomic E-state index is 12.6.